The van der Waals surface area contributed by atoms with Gasteiger partial charge in [-0.05, 0) is 18.1 Å². The highest BCUT2D eigenvalue weighted by atomic mass is 16.5. The van der Waals surface area contributed by atoms with Crippen molar-refractivity contribution in [2.24, 2.45) is 5.92 Å². The Morgan fingerprint density at radius 1 is 1.45 bits per heavy atom. The zero-order chi connectivity index (χ0) is 14.9. The normalized spacial score (nSPS) is 19.8. The van der Waals surface area contributed by atoms with E-state index in [0.717, 1.165) is 0 Å². The molecule has 0 fully saturated rings. The first-order chi connectivity index (χ1) is 9.43. The minimum absolute atomic E-state index is 0.00847. The number of aliphatic hydroxyl groups excluding tert-OH is 2. The van der Waals surface area contributed by atoms with E-state index in [1.54, 1.807) is 18.2 Å². The number of nitrogens with zero attached hydrogens (tertiary/aromatic N) is 1. The van der Waals surface area contributed by atoms with E-state index in [9.17, 15) is 9.90 Å². The van der Waals surface area contributed by atoms with Crippen LogP contribution in [-0.2, 0) is 4.79 Å². The second-order valence-corrected chi connectivity index (χ2v) is 5.29. The summed E-state index contributed by atoms with van der Waals surface area (Å²) in [7, 11) is 0. The van der Waals surface area contributed by atoms with Gasteiger partial charge in [0.2, 0.25) is 0 Å². The van der Waals surface area contributed by atoms with Crippen molar-refractivity contribution in [2.45, 2.75) is 26.1 Å². The number of aliphatic hydroxyl groups is 2. The zero-order valence-electron chi connectivity index (χ0n) is 11.6. The Bertz CT molecular complexity index is 504. The molecule has 1 aromatic carbocycles. The highest BCUT2D eigenvalue weighted by Gasteiger charge is 2.37. The highest BCUT2D eigenvalue weighted by molar-refractivity contribution is 6.00. The first kappa shape index (κ1) is 14.6. The van der Waals surface area contributed by atoms with Crippen molar-refractivity contribution in [1.82, 2.24) is 0 Å². The monoisotopic (exact) mass is 280 g/mol. The van der Waals surface area contributed by atoms with Crippen molar-refractivity contribution < 1.29 is 19.7 Å². The molecule has 1 aromatic rings. The average molecular weight is 280 g/mol. The van der Waals surface area contributed by atoms with Crippen molar-refractivity contribution in [3.63, 3.8) is 0 Å². The van der Waals surface area contributed by atoms with Crippen LogP contribution in [0, 0.1) is 5.92 Å². The molecule has 1 aliphatic rings. The largest absolute Gasteiger partial charge is 0.478 e. The van der Waals surface area contributed by atoms with Crippen molar-refractivity contribution >= 4 is 17.3 Å². The van der Waals surface area contributed by atoms with Crippen LogP contribution in [0.1, 0.15) is 13.8 Å². The molecule has 2 unspecified atom stereocenters. The Labute approximate surface area is 117 Å². The van der Waals surface area contributed by atoms with E-state index in [2.05, 4.69) is 0 Å². The van der Waals surface area contributed by atoms with Crippen molar-refractivity contribution in [3.8, 4) is 5.75 Å². The summed E-state index contributed by atoms with van der Waals surface area (Å²) in [6.07, 6.45) is -1.61. The molecule has 1 heterocycles. The third-order valence-corrected chi connectivity index (χ3v) is 3.25. The number of carbonyl (C=O) groups is 1. The maximum Gasteiger partial charge on any atom is 0.268 e. The van der Waals surface area contributed by atoms with Gasteiger partial charge < -0.3 is 25.6 Å². The van der Waals surface area contributed by atoms with E-state index >= 15 is 0 Å². The van der Waals surface area contributed by atoms with Crippen LogP contribution in [0.5, 0.6) is 5.75 Å². The number of β-amino-alcohol motifs (C(OH)–C–C–N with tert-alkyl or cyclic N) is 1. The smallest absolute Gasteiger partial charge is 0.268 e. The predicted octanol–water partition coefficient (Wildman–Crippen LogP) is 0.372. The van der Waals surface area contributed by atoms with Gasteiger partial charge in [0.25, 0.3) is 5.91 Å². The van der Waals surface area contributed by atoms with Gasteiger partial charge in [0.15, 0.2) is 6.10 Å². The van der Waals surface area contributed by atoms with Crippen LogP contribution in [0.25, 0.3) is 0 Å². The average Bonchev–Trinajstić information content (AvgIpc) is 2.40. The molecule has 1 amide bonds. The number of anilines is 2. The van der Waals surface area contributed by atoms with Gasteiger partial charge in [-0.1, -0.05) is 13.8 Å². The molecule has 1 aliphatic heterocycles. The summed E-state index contributed by atoms with van der Waals surface area (Å²) >= 11 is 0. The van der Waals surface area contributed by atoms with Crippen LogP contribution in [0.2, 0.25) is 0 Å². The van der Waals surface area contributed by atoms with Crippen molar-refractivity contribution in [2.75, 3.05) is 23.8 Å². The highest BCUT2D eigenvalue weighted by Crippen LogP contribution is 2.37. The molecule has 0 radical (unpaired) electrons. The number of nitrogens with two attached hydrogens (primary N) is 1. The van der Waals surface area contributed by atoms with E-state index in [1.165, 1.54) is 4.90 Å². The summed E-state index contributed by atoms with van der Waals surface area (Å²) in [5, 5.41) is 18.6. The lowest BCUT2D eigenvalue weighted by Crippen LogP contribution is -2.51. The lowest BCUT2D eigenvalue weighted by atomic mass is 10.0. The third-order valence-electron chi connectivity index (χ3n) is 3.25. The number of nitrogen functional groups attached to an aromatic ring is 1. The van der Waals surface area contributed by atoms with Crippen molar-refractivity contribution in [3.05, 3.63) is 18.2 Å². The second kappa shape index (κ2) is 5.68. The maximum absolute atomic E-state index is 12.4. The SMILES string of the molecule is CC(C)C1Oc2cc(N)ccc2N(CC(O)CO)C1=O. The number of hydrogen-bond donors (Lipinski definition) is 3. The van der Waals surface area contributed by atoms with Crippen LogP contribution in [0.4, 0.5) is 11.4 Å². The molecule has 0 aliphatic carbocycles. The van der Waals surface area contributed by atoms with Gasteiger partial charge in [0, 0.05) is 11.8 Å². The molecule has 2 atom stereocenters. The topological polar surface area (TPSA) is 96.0 Å². The number of ether oxygens (including phenoxy) is 1. The summed E-state index contributed by atoms with van der Waals surface area (Å²) < 4.78 is 5.72. The molecule has 0 saturated carbocycles. The van der Waals surface area contributed by atoms with Gasteiger partial charge in [0.1, 0.15) is 5.75 Å². The van der Waals surface area contributed by atoms with E-state index < -0.39 is 18.8 Å². The molecule has 0 saturated heterocycles. The van der Waals surface area contributed by atoms with Crippen LogP contribution >= 0.6 is 0 Å². The van der Waals surface area contributed by atoms with E-state index in [4.69, 9.17) is 15.6 Å². The Hall–Kier alpha value is -1.79. The molecule has 6 nitrogen and oxygen atoms in total. The van der Waals surface area contributed by atoms with Gasteiger partial charge >= 0.3 is 0 Å². The van der Waals surface area contributed by atoms with Gasteiger partial charge in [0.05, 0.1) is 24.9 Å². The minimum atomic E-state index is -0.990. The first-order valence-corrected chi connectivity index (χ1v) is 6.60. The molecule has 0 aromatic heterocycles. The predicted molar refractivity (Wildman–Crippen MR) is 75.6 cm³/mol. The molecule has 2 rings (SSSR count). The standard InChI is InChI=1S/C14H20N2O4/c1-8(2)13-14(19)16(6-10(18)7-17)11-4-3-9(15)5-12(11)20-13/h3-5,8,10,13,17-18H,6-7,15H2,1-2H3. The quantitative estimate of drug-likeness (QED) is 0.693. The Balaban J connectivity index is 2.40. The fourth-order valence-corrected chi connectivity index (χ4v) is 2.19. The lowest BCUT2D eigenvalue weighted by molar-refractivity contribution is -0.128. The van der Waals surface area contributed by atoms with Crippen LogP contribution < -0.4 is 15.4 Å². The Morgan fingerprint density at radius 2 is 2.15 bits per heavy atom. The molecule has 20 heavy (non-hydrogen) atoms. The van der Waals surface area contributed by atoms with E-state index in [1.807, 2.05) is 13.8 Å². The maximum atomic E-state index is 12.4. The number of carbonyl (C=O) groups excluding carboxylic acids is 1. The lowest BCUT2D eigenvalue weighted by Gasteiger charge is -2.36. The number of rotatable bonds is 4. The number of fused-ring (bicyclic) bond motifs is 1. The zero-order valence-corrected chi connectivity index (χ0v) is 11.6. The number of amides is 1. The van der Waals surface area contributed by atoms with Gasteiger partial charge in [-0.15, -0.1) is 0 Å². The van der Waals surface area contributed by atoms with Crippen LogP contribution in [-0.4, -0.2) is 41.5 Å². The first-order valence-electron chi connectivity index (χ1n) is 6.60. The fourth-order valence-electron chi connectivity index (χ4n) is 2.19. The fraction of sp³-hybridized carbons (Fsp3) is 0.500. The Kier molecular flexibility index (Phi) is 4.15. The molecule has 4 N–H and O–H groups in total. The molecule has 6 heteroatoms. The van der Waals surface area contributed by atoms with Gasteiger partial charge in [-0.2, -0.15) is 0 Å². The van der Waals surface area contributed by atoms with Crippen LogP contribution in [0.15, 0.2) is 18.2 Å². The molecular formula is C14H20N2O4. The summed E-state index contributed by atoms with van der Waals surface area (Å²) in [5.74, 6) is 0.295. The minimum Gasteiger partial charge on any atom is -0.478 e. The van der Waals surface area contributed by atoms with Gasteiger partial charge in [-0.25, -0.2) is 0 Å². The molecule has 0 bridgehead atoms. The summed E-state index contributed by atoms with van der Waals surface area (Å²) in [6, 6.07) is 5.02. The summed E-state index contributed by atoms with van der Waals surface area (Å²) in [5.41, 5.74) is 6.85. The third kappa shape index (κ3) is 2.71. The second-order valence-electron chi connectivity index (χ2n) is 5.29. The van der Waals surface area contributed by atoms with Gasteiger partial charge in [-0.3, -0.25) is 4.79 Å². The summed E-state index contributed by atoms with van der Waals surface area (Å²) in [6.45, 7) is 3.40. The van der Waals surface area contributed by atoms with E-state index in [0.29, 0.717) is 17.1 Å². The van der Waals surface area contributed by atoms with Crippen molar-refractivity contribution in [1.29, 1.82) is 0 Å². The number of benzene rings is 1. The van der Waals surface area contributed by atoms with E-state index in [-0.39, 0.29) is 18.4 Å². The van der Waals surface area contributed by atoms with Crippen LogP contribution in [0.3, 0.4) is 0 Å². The Morgan fingerprint density at radius 3 is 2.75 bits per heavy atom. The number of hydrogen-bond acceptors (Lipinski definition) is 5. The summed E-state index contributed by atoms with van der Waals surface area (Å²) in [4.78, 5) is 13.9. The molecule has 0 spiro atoms. The molecular weight excluding hydrogens is 260 g/mol. The molecule has 110 valence electrons.